The van der Waals surface area contributed by atoms with Crippen molar-refractivity contribution < 1.29 is 4.74 Å². The number of hydrogen-bond acceptors (Lipinski definition) is 3. The van der Waals surface area contributed by atoms with E-state index in [1.807, 2.05) is 32.0 Å². The van der Waals surface area contributed by atoms with Gasteiger partial charge in [-0.3, -0.25) is 0 Å². The number of aryl methyl sites for hydroxylation is 1. The molecular weight excluding hydrogens is 212 g/mol. The zero-order valence-electron chi connectivity index (χ0n) is 10.4. The Morgan fingerprint density at radius 1 is 1.47 bits per heavy atom. The Hall–Kier alpha value is -1.53. The molecule has 0 aromatic heterocycles. The van der Waals surface area contributed by atoms with Crippen LogP contribution in [0.1, 0.15) is 30.9 Å². The van der Waals surface area contributed by atoms with Crippen molar-refractivity contribution in [2.75, 3.05) is 11.9 Å². The van der Waals surface area contributed by atoms with Gasteiger partial charge in [0.15, 0.2) is 0 Å². The maximum Gasteiger partial charge on any atom is 0.101 e. The summed E-state index contributed by atoms with van der Waals surface area (Å²) >= 11 is 0. The monoisotopic (exact) mass is 230 g/mol. The van der Waals surface area contributed by atoms with Gasteiger partial charge >= 0.3 is 0 Å². The molecule has 3 nitrogen and oxygen atoms in total. The van der Waals surface area contributed by atoms with Gasteiger partial charge in [0, 0.05) is 12.6 Å². The predicted octanol–water partition coefficient (Wildman–Crippen LogP) is 2.85. The van der Waals surface area contributed by atoms with Crippen molar-refractivity contribution in [3.63, 3.8) is 0 Å². The molecule has 0 unspecified atom stereocenters. The van der Waals surface area contributed by atoms with Gasteiger partial charge in [-0.15, -0.1) is 0 Å². The van der Waals surface area contributed by atoms with Gasteiger partial charge in [-0.05, 0) is 38.3 Å². The number of anilines is 1. The first kappa shape index (κ1) is 11.9. The lowest BCUT2D eigenvalue weighted by molar-refractivity contribution is 0.00298. The van der Waals surface area contributed by atoms with Crippen LogP contribution >= 0.6 is 0 Å². The standard InChI is InChI=1S/C14H18N2O/c1-3-17-13-7-12(8-13)16-14-10(2)5-4-6-11(14)9-15/h4-6,12-13,16H,3,7-8H2,1-2H3. The van der Waals surface area contributed by atoms with Gasteiger partial charge in [0.1, 0.15) is 6.07 Å². The van der Waals surface area contributed by atoms with Crippen LogP contribution in [0.15, 0.2) is 18.2 Å². The highest BCUT2D eigenvalue weighted by molar-refractivity contribution is 5.62. The number of nitrogens with zero attached hydrogens (tertiary/aromatic N) is 1. The largest absolute Gasteiger partial charge is 0.381 e. The third-order valence-electron chi connectivity index (χ3n) is 3.24. The topological polar surface area (TPSA) is 45.0 Å². The Morgan fingerprint density at radius 3 is 2.88 bits per heavy atom. The first-order valence-electron chi connectivity index (χ1n) is 6.12. The van der Waals surface area contributed by atoms with E-state index in [2.05, 4.69) is 11.4 Å². The maximum absolute atomic E-state index is 9.07. The van der Waals surface area contributed by atoms with Crippen molar-refractivity contribution in [1.82, 2.24) is 0 Å². The molecule has 0 heterocycles. The van der Waals surface area contributed by atoms with Gasteiger partial charge in [-0.2, -0.15) is 5.26 Å². The van der Waals surface area contributed by atoms with Gasteiger partial charge in [0.2, 0.25) is 0 Å². The molecule has 1 N–H and O–H groups in total. The molecule has 90 valence electrons. The number of rotatable bonds is 4. The van der Waals surface area contributed by atoms with Crippen LogP contribution in [0.3, 0.4) is 0 Å². The predicted molar refractivity (Wildman–Crippen MR) is 68.0 cm³/mol. The second-order valence-electron chi connectivity index (χ2n) is 4.50. The quantitative estimate of drug-likeness (QED) is 0.865. The second-order valence-corrected chi connectivity index (χ2v) is 4.50. The number of nitrogens with one attached hydrogen (secondary N) is 1. The Bertz CT molecular complexity index is 430. The van der Waals surface area contributed by atoms with Gasteiger partial charge in [-0.1, -0.05) is 12.1 Å². The molecule has 1 aromatic rings. The van der Waals surface area contributed by atoms with Crippen LogP contribution < -0.4 is 5.32 Å². The van der Waals surface area contributed by atoms with Crippen molar-refractivity contribution >= 4 is 5.69 Å². The van der Waals surface area contributed by atoms with E-state index < -0.39 is 0 Å². The van der Waals surface area contributed by atoms with Crippen molar-refractivity contribution in [1.29, 1.82) is 5.26 Å². The fraction of sp³-hybridized carbons (Fsp3) is 0.500. The molecule has 0 radical (unpaired) electrons. The smallest absolute Gasteiger partial charge is 0.101 e. The minimum Gasteiger partial charge on any atom is -0.381 e. The van der Waals surface area contributed by atoms with Crippen molar-refractivity contribution in [3.8, 4) is 6.07 Å². The summed E-state index contributed by atoms with van der Waals surface area (Å²) in [4.78, 5) is 0. The van der Waals surface area contributed by atoms with E-state index in [9.17, 15) is 0 Å². The first-order valence-corrected chi connectivity index (χ1v) is 6.12. The third-order valence-corrected chi connectivity index (χ3v) is 3.24. The Morgan fingerprint density at radius 2 is 2.24 bits per heavy atom. The molecule has 0 atom stereocenters. The van der Waals surface area contributed by atoms with E-state index in [4.69, 9.17) is 10.00 Å². The van der Waals surface area contributed by atoms with Crippen LogP contribution in [0.2, 0.25) is 0 Å². The fourth-order valence-corrected chi connectivity index (χ4v) is 2.21. The van der Waals surface area contributed by atoms with Gasteiger partial charge in [0.25, 0.3) is 0 Å². The molecule has 0 saturated heterocycles. The molecule has 1 saturated carbocycles. The Balaban J connectivity index is 1.99. The third kappa shape index (κ3) is 2.59. The van der Waals surface area contributed by atoms with Crippen molar-refractivity contribution in [2.45, 2.75) is 38.8 Å². The molecule has 2 rings (SSSR count). The lowest BCUT2D eigenvalue weighted by atomic mass is 9.88. The van der Waals surface area contributed by atoms with Crippen LogP contribution in [0.25, 0.3) is 0 Å². The van der Waals surface area contributed by atoms with E-state index in [1.54, 1.807) is 0 Å². The van der Waals surface area contributed by atoms with E-state index in [-0.39, 0.29) is 0 Å². The first-order chi connectivity index (χ1) is 8.24. The highest BCUT2D eigenvalue weighted by Gasteiger charge is 2.30. The average Bonchev–Trinajstić information content (AvgIpc) is 2.28. The Labute approximate surface area is 102 Å². The summed E-state index contributed by atoms with van der Waals surface area (Å²) in [6.45, 7) is 4.84. The molecule has 1 fully saturated rings. The molecule has 1 aromatic carbocycles. The number of hydrogen-bond donors (Lipinski definition) is 1. The SMILES string of the molecule is CCOC1CC(Nc2c(C)cccc2C#N)C1. The van der Waals surface area contributed by atoms with Crippen LogP contribution in [0.5, 0.6) is 0 Å². The normalized spacial score (nSPS) is 22.6. The second kappa shape index (κ2) is 5.20. The molecule has 3 heteroatoms. The lowest BCUT2D eigenvalue weighted by Gasteiger charge is -2.36. The number of ether oxygens (including phenoxy) is 1. The van der Waals surface area contributed by atoms with Crippen molar-refractivity contribution in [3.05, 3.63) is 29.3 Å². The molecular formula is C14H18N2O. The summed E-state index contributed by atoms with van der Waals surface area (Å²) < 4.78 is 5.53. The van der Waals surface area contributed by atoms with E-state index in [0.717, 1.165) is 36.3 Å². The van der Waals surface area contributed by atoms with Crippen LogP contribution in [0, 0.1) is 18.3 Å². The molecule has 0 aliphatic heterocycles. The zero-order valence-corrected chi connectivity index (χ0v) is 10.4. The minimum absolute atomic E-state index is 0.395. The lowest BCUT2D eigenvalue weighted by Crippen LogP contribution is -2.41. The molecule has 17 heavy (non-hydrogen) atoms. The summed E-state index contributed by atoms with van der Waals surface area (Å²) in [5.74, 6) is 0. The van der Waals surface area contributed by atoms with Gasteiger partial charge in [0.05, 0.1) is 17.4 Å². The summed E-state index contributed by atoms with van der Waals surface area (Å²) in [6.07, 6.45) is 2.46. The van der Waals surface area contributed by atoms with Gasteiger partial charge in [-0.25, -0.2) is 0 Å². The fourth-order valence-electron chi connectivity index (χ4n) is 2.21. The van der Waals surface area contributed by atoms with Crippen LogP contribution in [-0.4, -0.2) is 18.8 Å². The van der Waals surface area contributed by atoms with Crippen molar-refractivity contribution in [2.24, 2.45) is 0 Å². The summed E-state index contributed by atoms with van der Waals surface area (Å²) in [7, 11) is 0. The Kier molecular flexibility index (Phi) is 3.65. The zero-order chi connectivity index (χ0) is 12.3. The summed E-state index contributed by atoms with van der Waals surface area (Å²) in [6, 6.07) is 8.48. The van der Waals surface area contributed by atoms with E-state index in [1.165, 1.54) is 0 Å². The number of benzene rings is 1. The van der Waals surface area contributed by atoms with E-state index in [0.29, 0.717) is 12.1 Å². The summed E-state index contributed by atoms with van der Waals surface area (Å²) in [5.41, 5.74) is 2.84. The van der Waals surface area contributed by atoms with Crippen LogP contribution in [-0.2, 0) is 4.74 Å². The maximum atomic E-state index is 9.07. The molecule has 0 bridgehead atoms. The number of para-hydroxylation sites is 1. The molecule has 0 spiro atoms. The summed E-state index contributed by atoms with van der Waals surface area (Å²) in [5, 5.41) is 12.5. The van der Waals surface area contributed by atoms with Crippen LogP contribution in [0.4, 0.5) is 5.69 Å². The molecule has 0 amide bonds. The van der Waals surface area contributed by atoms with E-state index >= 15 is 0 Å². The average molecular weight is 230 g/mol. The highest BCUT2D eigenvalue weighted by atomic mass is 16.5. The highest BCUT2D eigenvalue weighted by Crippen LogP contribution is 2.29. The molecule has 1 aliphatic carbocycles. The molecule has 1 aliphatic rings. The minimum atomic E-state index is 0.395. The number of nitriles is 1. The van der Waals surface area contributed by atoms with Gasteiger partial charge < -0.3 is 10.1 Å².